The normalized spacial score (nSPS) is 37.0. The number of alkyl halides is 2. The summed E-state index contributed by atoms with van der Waals surface area (Å²) in [5.41, 5.74) is 0. The summed E-state index contributed by atoms with van der Waals surface area (Å²) in [6.45, 7) is 1.13. The van der Waals surface area contributed by atoms with Gasteiger partial charge in [-0.15, -0.1) is 0 Å². The molecule has 1 saturated carbocycles. The molecule has 1 aliphatic carbocycles. The summed E-state index contributed by atoms with van der Waals surface area (Å²) in [6, 6.07) is -2.28. The lowest BCUT2D eigenvalue weighted by Crippen LogP contribution is -2.49. The van der Waals surface area contributed by atoms with E-state index in [2.05, 4.69) is 0 Å². The second-order valence-corrected chi connectivity index (χ2v) is 4.08. The highest BCUT2D eigenvalue weighted by atomic mass is 19.3. The first-order valence-corrected chi connectivity index (χ1v) is 4.77. The summed E-state index contributed by atoms with van der Waals surface area (Å²) in [5.74, 6) is -5.52. The number of hydrogen-bond acceptors (Lipinski definition) is 2. The zero-order valence-electron chi connectivity index (χ0n) is 8.11. The number of carboxylic acids is 1. The summed E-state index contributed by atoms with van der Waals surface area (Å²) in [7, 11) is 0. The molecule has 0 radical (unpaired) electrons. The predicted molar refractivity (Wildman–Crippen MR) is 45.4 cm³/mol. The number of carbonyl (C=O) groups is 2. The van der Waals surface area contributed by atoms with Gasteiger partial charge in [-0.05, 0) is 12.8 Å². The van der Waals surface area contributed by atoms with Crippen LogP contribution in [0.4, 0.5) is 8.78 Å². The Morgan fingerprint density at radius 3 is 2.47 bits per heavy atom. The first-order valence-electron chi connectivity index (χ1n) is 4.77. The molecule has 4 nitrogen and oxygen atoms in total. The van der Waals surface area contributed by atoms with Crippen molar-refractivity contribution in [1.29, 1.82) is 0 Å². The minimum atomic E-state index is -2.89. The molecule has 0 aromatic rings. The Balaban J connectivity index is 2.25. The fourth-order valence-electron chi connectivity index (χ4n) is 2.43. The molecule has 15 heavy (non-hydrogen) atoms. The van der Waals surface area contributed by atoms with Gasteiger partial charge in [-0.2, -0.15) is 0 Å². The van der Waals surface area contributed by atoms with Crippen LogP contribution in [-0.4, -0.2) is 39.9 Å². The summed E-state index contributed by atoms with van der Waals surface area (Å²) < 4.78 is 26.3. The second-order valence-electron chi connectivity index (χ2n) is 4.08. The van der Waals surface area contributed by atoms with Gasteiger partial charge < -0.3 is 10.0 Å². The SMILES string of the molecule is CC(=O)N1C(C(=O)O)CCC2C1C2(F)F. The Labute approximate surface area is 84.9 Å². The average Bonchev–Trinajstić information content (AvgIpc) is 2.68. The summed E-state index contributed by atoms with van der Waals surface area (Å²) in [5, 5.41) is 8.83. The number of amides is 1. The molecular formula is C9H11F2NO3. The van der Waals surface area contributed by atoms with Gasteiger partial charge in [0.2, 0.25) is 5.91 Å². The second kappa shape index (κ2) is 2.90. The third kappa shape index (κ3) is 1.31. The number of fused-ring (bicyclic) bond motifs is 1. The fraction of sp³-hybridized carbons (Fsp3) is 0.778. The van der Waals surface area contributed by atoms with Crippen molar-refractivity contribution in [2.45, 2.75) is 37.8 Å². The monoisotopic (exact) mass is 219 g/mol. The third-order valence-corrected chi connectivity index (χ3v) is 3.20. The van der Waals surface area contributed by atoms with Crippen LogP contribution in [0.2, 0.25) is 0 Å². The first kappa shape index (κ1) is 10.3. The first-order chi connectivity index (χ1) is 6.87. The van der Waals surface area contributed by atoms with Gasteiger partial charge in [-0.1, -0.05) is 0 Å². The highest BCUT2D eigenvalue weighted by molar-refractivity contribution is 5.83. The maximum absolute atomic E-state index is 13.2. The van der Waals surface area contributed by atoms with Crippen LogP contribution in [0.5, 0.6) is 0 Å². The molecule has 0 spiro atoms. The Kier molecular flexibility index (Phi) is 1.99. The molecule has 1 heterocycles. The standard InChI is InChI=1S/C9H11F2NO3/c1-4(13)12-6(8(14)15)3-2-5-7(12)9(5,10)11/h5-7H,2-3H2,1H3,(H,14,15). The van der Waals surface area contributed by atoms with Crippen LogP contribution in [0.1, 0.15) is 19.8 Å². The zero-order chi connectivity index (χ0) is 11.4. The maximum Gasteiger partial charge on any atom is 0.326 e. The summed E-state index contributed by atoms with van der Waals surface area (Å²) in [6.07, 6.45) is 0.296. The van der Waals surface area contributed by atoms with Gasteiger partial charge in [0, 0.05) is 6.92 Å². The van der Waals surface area contributed by atoms with E-state index in [1.54, 1.807) is 0 Å². The van der Waals surface area contributed by atoms with Crippen molar-refractivity contribution in [2.75, 3.05) is 0 Å². The molecule has 1 N–H and O–H groups in total. The number of likely N-dealkylation sites (tertiary alicyclic amines) is 1. The zero-order valence-corrected chi connectivity index (χ0v) is 8.11. The Bertz CT molecular complexity index is 331. The smallest absolute Gasteiger partial charge is 0.326 e. The Hall–Kier alpha value is -1.20. The maximum atomic E-state index is 13.2. The van der Waals surface area contributed by atoms with Crippen molar-refractivity contribution >= 4 is 11.9 Å². The van der Waals surface area contributed by atoms with E-state index in [4.69, 9.17) is 5.11 Å². The molecule has 0 bridgehead atoms. The lowest BCUT2D eigenvalue weighted by atomic mass is 10.0. The molecule has 1 saturated heterocycles. The highest BCUT2D eigenvalue weighted by Gasteiger charge is 2.73. The van der Waals surface area contributed by atoms with Crippen molar-refractivity contribution in [1.82, 2.24) is 4.90 Å². The number of aliphatic carboxylic acids is 1. The van der Waals surface area contributed by atoms with Crippen molar-refractivity contribution in [2.24, 2.45) is 5.92 Å². The molecule has 1 amide bonds. The highest BCUT2D eigenvalue weighted by Crippen LogP contribution is 2.58. The number of halogens is 2. The number of nitrogens with zero attached hydrogens (tertiary/aromatic N) is 1. The van der Waals surface area contributed by atoms with Crippen LogP contribution < -0.4 is 0 Å². The lowest BCUT2D eigenvalue weighted by Gasteiger charge is -2.30. The van der Waals surface area contributed by atoms with E-state index in [0.717, 1.165) is 11.8 Å². The summed E-state index contributed by atoms with van der Waals surface area (Å²) in [4.78, 5) is 22.8. The van der Waals surface area contributed by atoms with E-state index in [0.29, 0.717) is 0 Å². The van der Waals surface area contributed by atoms with Gasteiger partial charge in [0.15, 0.2) is 0 Å². The van der Waals surface area contributed by atoms with Crippen LogP contribution in [0, 0.1) is 5.92 Å². The molecule has 2 rings (SSSR count). The van der Waals surface area contributed by atoms with E-state index >= 15 is 0 Å². The van der Waals surface area contributed by atoms with Gasteiger partial charge in [0.1, 0.15) is 12.1 Å². The summed E-state index contributed by atoms with van der Waals surface area (Å²) >= 11 is 0. The van der Waals surface area contributed by atoms with Crippen LogP contribution in [-0.2, 0) is 9.59 Å². The molecule has 3 unspecified atom stereocenters. The molecular weight excluding hydrogens is 208 g/mol. The molecule has 1 aliphatic heterocycles. The number of piperidine rings is 1. The number of rotatable bonds is 1. The molecule has 6 heteroatoms. The van der Waals surface area contributed by atoms with Crippen LogP contribution in [0.15, 0.2) is 0 Å². The van der Waals surface area contributed by atoms with Gasteiger partial charge in [-0.3, -0.25) is 4.79 Å². The van der Waals surface area contributed by atoms with E-state index in [1.807, 2.05) is 0 Å². The van der Waals surface area contributed by atoms with E-state index in [1.165, 1.54) is 0 Å². The van der Waals surface area contributed by atoms with E-state index in [-0.39, 0.29) is 12.8 Å². The molecule has 2 fully saturated rings. The average molecular weight is 219 g/mol. The number of hydrogen-bond donors (Lipinski definition) is 1. The van der Waals surface area contributed by atoms with Crippen molar-refractivity contribution < 1.29 is 23.5 Å². The van der Waals surface area contributed by atoms with Crippen LogP contribution >= 0.6 is 0 Å². The largest absolute Gasteiger partial charge is 0.480 e. The minimum absolute atomic E-state index is 0.117. The van der Waals surface area contributed by atoms with Crippen LogP contribution in [0.25, 0.3) is 0 Å². The quantitative estimate of drug-likeness (QED) is 0.706. The topological polar surface area (TPSA) is 57.6 Å². The molecule has 0 aromatic heterocycles. The Morgan fingerprint density at radius 1 is 1.40 bits per heavy atom. The lowest BCUT2D eigenvalue weighted by molar-refractivity contribution is -0.152. The van der Waals surface area contributed by atoms with Crippen molar-refractivity contribution in [3.8, 4) is 0 Å². The number of carbonyl (C=O) groups excluding carboxylic acids is 1. The molecule has 3 atom stereocenters. The van der Waals surface area contributed by atoms with Gasteiger partial charge in [0.05, 0.1) is 5.92 Å². The molecule has 2 aliphatic rings. The van der Waals surface area contributed by atoms with E-state index < -0.39 is 35.8 Å². The number of carboxylic acid groups (broad SMARTS) is 1. The van der Waals surface area contributed by atoms with Crippen LogP contribution in [0.3, 0.4) is 0 Å². The fourth-order valence-corrected chi connectivity index (χ4v) is 2.43. The molecule has 84 valence electrons. The third-order valence-electron chi connectivity index (χ3n) is 3.20. The van der Waals surface area contributed by atoms with Gasteiger partial charge in [-0.25, -0.2) is 13.6 Å². The van der Waals surface area contributed by atoms with Gasteiger partial charge in [0.25, 0.3) is 5.92 Å². The van der Waals surface area contributed by atoms with Crippen molar-refractivity contribution in [3.05, 3.63) is 0 Å². The van der Waals surface area contributed by atoms with Gasteiger partial charge >= 0.3 is 5.97 Å². The Morgan fingerprint density at radius 2 is 2.00 bits per heavy atom. The van der Waals surface area contributed by atoms with E-state index in [9.17, 15) is 18.4 Å². The minimum Gasteiger partial charge on any atom is -0.480 e. The van der Waals surface area contributed by atoms with Crippen molar-refractivity contribution in [3.63, 3.8) is 0 Å². The molecule has 0 aromatic carbocycles. The predicted octanol–water partition coefficient (Wildman–Crippen LogP) is 0.716.